The van der Waals surface area contributed by atoms with Gasteiger partial charge in [-0.2, -0.15) is 5.01 Å². The number of phenols is 1. The van der Waals surface area contributed by atoms with Gasteiger partial charge in [-0.05, 0) is 85.2 Å². The number of fused-ring (bicyclic) bond motifs is 4. The molecule has 3 aromatic rings. The average Bonchev–Trinajstić information content (AvgIpc) is 3.50. The number of nitrogens with zero attached hydrogens (tertiary/aromatic N) is 2. The average molecular weight is 765 g/mol. The van der Waals surface area contributed by atoms with Crippen LogP contribution in [0, 0.1) is 29.5 Å². The minimum atomic E-state index is -1.68. The van der Waals surface area contributed by atoms with Gasteiger partial charge in [0.1, 0.15) is 5.75 Å². The molecule has 0 unspecified atom stereocenters. The number of hydrogen-bond acceptors (Lipinski definition) is 8. The molecule has 0 spiro atoms. The van der Waals surface area contributed by atoms with Gasteiger partial charge in [-0.15, -0.1) is 0 Å². The number of unbranched alkanes of at least 4 members (excludes halogenated alkanes) is 2. The molecular weight excluding hydrogens is 728 g/mol. The molecular formula is C39H36Cl2FN3O8. The van der Waals surface area contributed by atoms with Crippen molar-refractivity contribution in [2.45, 2.75) is 49.9 Å². The molecule has 276 valence electrons. The van der Waals surface area contributed by atoms with E-state index in [1.54, 1.807) is 30.3 Å². The third-order valence-corrected chi connectivity index (χ3v) is 11.8. The number of amides is 4. The molecule has 53 heavy (non-hydrogen) atoms. The number of allylic oxidation sites excluding steroid dienone is 2. The first-order chi connectivity index (χ1) is 25.4. The molecule has 3 N–H and O–H groups in total. The lowest BCUT2D eigenvalue weighted by Crippen LogP contribution is -2.53. The second-order valence-corrected chi connectivity index (χ2v) is 14.8. The summed E-state index contributed by atoms with van der Waals surface area (Å²) in [6.07, 6.45) is 3.42. The number of methoxy groups -OCH3 is 1. The van der Waals surface area contributed by atoms with Crippen LogP contribution in [0.3, 0.4) is 0 Å². The largest absolute Gasteiger partial charge is 0.505 e. The molecule has 6 atom stereocenters. The molecule has 2 aliphatic carbocycles. The van der Waals surface area contributed by atoms with Gasteiger partial charge in [0.15, 0.2) is 11.6 Å². The number of halogens is 3. The van der Waals surface area contributed by atoms with Gasteiger partial charge in [-0.25, -0.2) is 4.39 Å². The normalized spacial score (nSPS) is 26.3. The number of carboxylic acids is 1. The Balaban J connectivity index is 1.36. The number of imide groups is 2. The second kappa shape index (κ2) is 14.1. The first-order valence-electron chi connectivity index (χ1n) is 17.4. The van der Waals surface area contributed by atoms with Crippen molar-refractivity contribution in [3.8, 4) is 11.5 Å². The summed E-state index contributed by atoms with van der Waals surface area (Å²) in [6, 6.07) is 15.1. The molecule has 0 bridgehead atoms. The Morgan fingerprint density at radius 3 is 2.40 bits per heavy atom. The fourth-order valence-electron chi connectivity index (χ4n) is 8.93. The van der Waals surface area contributed by atoms with Crippen LogP contribution in [-0.2, 0) is 29.4 Å². The minimum absolute atomic E-state index is 0.0120. The number of aliphatic carboxylic acids is 1. The SMILES string of the molecule is COc1ccc([C@@]23C(=O)N(Nc4ccc(Cl)cc4Cl)C(=O)[C@@H]2C[C@@H]2C(=CC[C@@H]4C(=O)N(CCCCCC(=O)O)C(=O)[C@@H]42)[C@@H]3c2ccc(O)c(F)c2)cc1. The molecule has 2 heterocycles. The molecule has 3 fully saturated rings. The first kappa shape index (κ1) is 36.4. The monoisotopic (exact) mass is 763 g/mol. The number of anilines is 1. The van der Waals surface area contributed by atoms with E-state index in [9.17, 15) is 24.3 Å². The van der Waals surface area contributed by atoms with E-state index in [0.29, 0.717) is 46.7 Å². The number of aromatic hydroxyl groups is 1. The number of likely N-dealkylation sites (tertiary alicyclic amines) is 1. The van der Waals surface area contributed by atoms with Gasteiger partial charge in [-0.1, -0.05) is 59.5 Å². The quantitative estimate of drug-likeness (QED) is 0.113. The Hall–Kier alpha value is -4.94. The molecule has 3 aromatic carbocycles. The zero-order chi connectivity index (χ0) is 37.8. The summed E-state index contributed by atoms with van der Waals surface area (Å²) in [6.45, 7) is 0.134. The van der Waals surface area contributed by atoms with Crippen molar-refractivity contribution in [1.29, 1.82) is 0 Å². The van der Waals surface area contributed by atoms with Crippen LogP contribution in [0.5, 0.6) is 11.5 Å². The zero-order valence-electron chi connectivity index (χ0n) is 28.6. The molecule has 1 saturated carbocycles. The highest BCUT2D eigenvalue weighted by molar-refractivity contribution is 6.36. The van der Waals surface area contributed by atoms with Crippen LogP contribution in [0.4, 0.5) is 10.1 Å². The van der Waals surface area contributed by atoms with E-state index in [4.69, 9.17) is 33.0 Å². The number of hydrogen-bond donors (Lipinski definition) is 3. The van der Waals surface area contributed by atoms with Gasteiger partial charge < -0.3 is 14.9 Å². The van der Waals surface area contributed by atoms with Gasteiger partial charge in [-0.3, -0.25) is 34.3 Å². The van der Waals surface area contributed by atoms with E-state index in [-0.39, 0.29) is 48.3 Å². The molecule has 11 nitrogen and oxygen atoms in total. The number of hydrazine groups is 1. The van der Waals surface area contributed by atoms with Crippen LogP contribution < -0.4 is 10.2 Å². The smallest absolute Gasteiger partial charge is 0.303 e. The summed E-state index contributed by atoms with van der Waals surface area (Å²) < 4.78 is 20.7. The lowest BCUT2D eigenvalue weighted by molar-refractivity contribution is -0.141. The Bertz CT molecular complexity index is 2060. The van der Waals surface area contributed by atoms with Crippen molar-refractivity contribution in [2.75, 3.05) is 19.1 Å². The second-order valence-electron chi connectivity index (χ2n) is 14.0. The topological polar surface area (TPSA) is 154 Å². The fraction of sp³-hybridized carbons (Fsp3) is 0.359. The predicted octanol–water partition coefficient (Wildman–Crippen LogP) is 6.48. The van der Waals surface area contributed by atoms with E-state index in [1.165, 1.54) is 36.3 Å². The van der Waals surface area contributed by atoms with Crippen molar-refractivity contribution in [3.63, 3.8) is 0 Å². The van der Waals surface area contributed by atoms with Crippen molar-refractivity contribution in [3.05, 3.63) is 99.3 Å². The molecule has 0 radical (unpaired) electrons. The van der Waals surface area contributed by atoms with Crippen LogP contribution in [0.25, 0.3) is 0 Å². The zero-order valence-corrected chi connectivity index (χ0v) is 30.1. The number of ether oxygens (including phenoxy) is 1. The third kappa shape index (κ3) is 6.01. The number of benzene rings is 3. The van der Waals surface area contributed by atoms with Crippen molar-refractivity contribution < 1.29 is 43.3 Å². The summed E-state index contributed by atoms with van der Waals surface area (Å²) in [5, 5.41) is 20.6. The van der Waals surface area contributed by atoms with Gasteiger partial charge >= 0.3 is 5.97 Å². The van der Waals surface area contributed by atoms with Gasteiger partial charge in [0.25, 0.3) is 11.8 Å². The highest BCUT2D eigenvalue weighted by atomic mass is 35.5. The van der Waals surface area contributed by atoms with Crippen molar-refractivity contribution in [2.24, 2.45) is 23.7 Å². The summed E-state index contributed by atoms with van der Waals surface area (Å²) in [7, 11) is 1.50. The standard InChI is InChI=1S/C39H36Cl2FN3O8/c1-53-23-10-7-21(8-11-23)39-27(36(50)45(38(39)52)43-30-14-9-22(40)18-28(30)41)19-26-24(34(39)20-6-15-31(46)29(42)17-20)12-13-25-33(26)37(51)44(35(25)49)16-4-2-3-5-32(47)48/h6-12,14-15,17-18,25-27,33-34,43,46H,2-5,13,16,19H2,1H3,(H,47,48)/t25-,26+,27-,33-,34-,39+/m0/s1. The van der Waals surface area contributed by atoms with Crippen LogP contribution in [0.2, 0.25) is 10.0 Å². The summed E-state index contributed by atoms with van der Waals surface area (Å²) in [5.41, 5.74) is 2.85. The Kier molecular flexibility index (Phi) is 9.71. The number of carbonyl (C=O) groups is 5. The molecule has 4 amide bonds. The summed E-state index contributed by atoms with van der Waals surface area (Å²) in [5.74, 6) is -8.22. The minimum Gasteiger partial charge on any atom is -0.505 e. The van der Waals surface area contributed by atoms with E-state index < -0.39 is 64.4 Å². The van der Waals surface area contributed by atoms with Crippen molar-refractivity contribution in [1.82, 2.24) is 9.91 Å². The molecule has 2 aliphatic heterocycles. The fourth-order valence-corrected chi connectivity index (χ4v) is 9.38. The van der Waals surface area contributed by atoms with Crippen molar-refractivity contribution >= 4 is 58.5 Å². The van der Waals surface area contributed by atoms with Gasteiger partial charge in [0.2, 0.25) is 11.8 Å². The van der Waals surface area contributed by atoms with Gasteiger partial charge in [0, 0.05) is 23.9 Å². The maximum atomic E-state index is 15.3. The molecule has 0 aromatic heterocycles. The Labute approximate surface area is 314 Å². The van der Waals surface area contributed by atoms with Crippen LogP contribution in [0.1, 0.15) is 55.6 Å². The highest BCUT2D eigenvalue weighted by Gasteiger charge is 2.70. The number of carboxylic acid groups (broad SMARTS) is 1. The van der Waals surface area contributed by atoms with E-state index in [0.717, 1.165) is 11.1 Å². The predicted molar refractivity (Wildman–Crippen MR) is 192 cm³/mol. The number of carbonyl (C=O) groups excluding carboxylic acids is 4. The molecule has 7 rings (SSSR count). The number of phenolic OH excluding ortho intramolecular Hbond substituents is 1. The Morgan fingerprint density at radius 1 is 0.962 bits per heavy atom. The number of rotatable bonds is 11. The van der Waals surface area contributed by atoms with E-state index in [1.807, 2.05) is 6.08 Å². The maximum Gasteiger partial charge on any atom is 0.303 e. The van der Waals surface area contributed by atoms with Crippen LogP contribution in [0.15, 0.2) is 72.3 Å². The lowest BCUT2D eigenvalue weighted by atomic mass is 9.49. The number of nitrogens with one attached hydrogen (secondary N) is 1. The van der Waals surface area contributed by atoms with E-state index >= 15 is 9.18 Å². The first-order valence-corrected chi connectivity index (χ1v) is 18.1. The molecule has 2 saturated heterocycles. The highest BCUT2D eigenvalue weighted by Crippen LogP contribution is 2.64. The summed E-state index contributed by atoms with van der Waals surface area (Å²) >= 11 is 12.6. The maximum absolute atomic E-state index is 15.3. The molecule has 4 aliphatic rings. The van der Waals surface area contributed by atoms with Crippen LogP contribution >= 0.6 is 23.2 Å². The van der Waals surface area contributed by atoms with Gasteiger partial charge in [0.05, 0.1) is 41.0 Å². The Morgan fingerprint density at radius 2 is 1.72 bits per heavy atom. The van der Waals surface area contributed by atoms with E-state index in [2.05, 4.69) is 5.43 Å². The lowest BCUT2D eigenvalue weighted by Gasteiger charge is -2.50. The van der Waals surface area contributed by atoms with Crippen LogP contribution in [-0.4, -0.2) is 63.4 Å². The summed E-state index contributed by atoms with van der Waals surface area (Å²) in [4.78, 5) is 70.2. The molecule has 14 heteroatoms. The third-order valence-electron chi connectivity index (χ3n) is 11.2.